The molecule has 5 heteroatoms. The van der Waals surface area contributed by atoms with Gasteiger partial charge in [0.25, 0.3) is 0 Å². The lowest BCUT2D eigenvalue weighted by Crippen LogP contribution is -2.38. The van der Waals surface area contributed by atoms with Gasteiger partial charge in [-0.05, 0) is 51.8 Å². The molecule has 0 aromatic heterocycles. The first kappa shape index (κ1) is 16.5. The summed E-state index contributed by atoms with van der Waals surface area (Å²) in [6.45, 7) is 7.45. The van der Waals surface area contributed by atoms with Gasteiger partial charge in [-0.25, -0.2) is 0 Å². The van der Waals surface area contributed by atoms with E-state index in [0.29, 0.717) is 0 Å². The van der Waals surface area contributed by atoms with E-state index in [1.807, 2.05) is 40.0 Å². The molecule has 0 atom stereocenters. The van der Waals surface area contributed by atoms with Crippen LogP contribution in [0.2, 0.25) is 0 Å². The molecular formula is C17H27N3O2. The monoisotopic (exact) mass is 305 g/mol. The number of hydrogen-bond acceptors (Lipinski definition) is 5. The van der Waals surface area contributed by atoms with Crippen LogP contribution in [0.1, 0.15) is 33.6 Å². The Labute approximate surface area is 132 Å². The summed E-state index contributed by atoms with van der Waals surface area (Å²) < 4.78 is 5.49. The van der Waals surface area contributed by atoms with E-state index >= 15 is 0 Å². The highest BCUT2D eigenvalue weighted by atomic mass is 16.6. The van der Waals surface area contributed by atoms with Gasteiger partial charge >= 0.3 is 5.97 Å². The molecule has 3 N–H and O–H groups in total. The van der Waals surface area contributed by atoms with Crippen molar-refractivity contribution in [1.29, 1.82) is 0 Å². The molecule has 0 spiro atoms. The topological polar surface area (TPSA) is 67.6 Å². The maximum Gasteiger partial charge on any atom is 0.309 e. The third-order valence-electron chi connectivity index (χ3n) is 3.91. The average molecular weight is 305 g/mol. The standard InChI is InChI=1S/C17H27N3O2/c1-17(2,3)22-16(21)12-7-9-20(10-8-12)13-5-6-14(18)15(11-13)19-4/h5-6,11-12,19H,7-10,18H2,1-4H3. The SMILES string of the molecule is CNc1cc(N2CCC(C(=O)OC(C)(C)C)CC2)ccc1N. The molecule has 1 heterocycles. The highest BCUT2D eigenvalue weighted by Crippen LogP contribution is 2.29. The van der Waals surface area contributed by atoms with Crippen molar-refractivity contribution in [3.63, 3.8) is 0 Å². The number of nitrogens with one attached hydrogen (secondary N) is 1. The van der Waals surface area contributed by atoms with Crippen molar-refractivity contribution in [2.24, 2.45) is 5.92 Å². The summed E-state index contributed by atoms with van der Waals surface area (Å²) in [5.41, 5.74) is 8.32. The van der Waals surface area contributed by atoms with Crippen LogP contribution in [0.5, 0.6) is 0 Å². The number of hydrogen-bond donors (Lipinski definition) is 2. The first-order chi connectivity index (χ1) is 10.3. The Bertz CT molecular complexity index is 529. The van der Waals surface area contributed by atoms with Crippen molar-refractivity contribution in [3.8, 4) is 0 Å². The zero-order chi connectivity index (χ0) is 16.3. The minimum absolute atomic E-state index is 0.00743. The van der Waals surface area contributed by atoms with Gasteiger partial charge in [-0.2, -0.15) is 0 Å². The second-order valence-electron chi connectivity index (χ2n) is 6.82. The van der Waals surface area contributed by atoms with E-state index in [4.69, 9.17) is 10.5 Å². The second-order valence-corrected chi connectivity index (χ2v) is 6.82. The number of nitrogens with two attached hydrogens (primary N) is 1. The number of nitrogen functional groups attached to an aromatic ring is 1. The molecule has 1 fully saturated rings. The normalized spacial score (nSPS) is 16.5. The lowest BCUT2D eigenvalue weighted by Gasteiger charge is -2.34. The van der Waals surface area contributed by atoms with Crippen LogP contribution in [0.4, 0.5) is 17.1 Å². The highest BCUT2D eigenvalue weighted by Gasteiger charge is 2.29. The van der Waals surface area contributed by atoms with Gasteiger partial charge in [0.2, 0.25) is 0 Å². The third-order valence-corrected chi connectivity index (χ3v) is 3.91. The largest absolute Gasteiger partial charge is 0.460 e. The van der Waals surface area contributed by atoms with Gasteiger partial charge in [-0.3, -0.25) is 4.79 Å². The summed E-state index contributed by atoms with van der Waals surface area (Å²) in [6.07, 6.45) is 1.66. The van der Waals surface area contributed by atoms with Crippen LogP contribution < -0.4 is 16.0 Å². The van der Waals surface area contributed by atoms with Crippen LogP contribution in [0.15, 0.2) is 18.2 Å². The maximum absolute atomic E-state index is 12.1. The molecule has 1 aromatic rings. The highest BCUT2D eigenvalue weighted by molar-refractivity contribution is 5.74. The van der Waals surface area contributed by atoms with Gasteiger partial charge in [0.05, 0.1) is 17.3 Å². The van der Waals surface area contributed by atoms with E-state index in [0.717, 1.165) is 43.0 Å². The summed E-state index contributed by atoms with van der Waals surface area (Å²) in [4.78, 5) is 14.4. The van der Waals surface area contributed by atoms with Crippen LogP contribution >= 0.6 is 0 Å². The number of carbonyl (C=O) groups excluding carboxylic acids is 1. The fourth-order valence-electron chi connectivity index (χ4n) is 2.72. The molecule has 0 unspecified atom stereocenters. The van der Waals surface area contributed by atoms with Gasteiger partial charge < -0.3 is 20.7 Å². The predicted molar refractivity (Wildman–Crippen MR) is 91.2 cm³/mol. The van der Waals surface area contributed by atoms with Crippen LogP contribution in [0.3, 0.4) is 0 Å². The number of carbonyl (C=O) groups is 1. The second kappa shape index (κ2) is 6.46. The lowest BCUT2D eigenvalue weighted by molar-refractivity contribution is -0.160. The fraction of sp³-hybridized carbons (Fsp3) is 0.588. The zero-order valence-corrected chi connectivity index (χ0v) is 14.0. The van der Waals surface area contributed by atoms with Crippen molar-refractivity contribution in [2.45, 2.75) is 39.2 Å². The van der Waals surface area contributed by atoms with E-state index in [1.165, 1.54) is 0 Å². The molecule has 1 saturated heterocycles. The number of anilines is 3. The van der Waals surface area contributed by atoms with E-state index in [2.05, 4.69) is 16.3 Å². The fourth-order valence-corrected chi connectivity index (χ4v) is 2.72. The van der Waals surface area contributed by atoms with Gasteiger partial charge in [0.15, 0.2) is 0 Å². The molecule has 2 rings (SSSR count). The molecular weight excluding hydrogens is 278 g/mol. The van der Waals surface area contributed by atoms with Gasteiger partial charge in [-0.15, -0.1) is 0 Å². The molecule has 0 bridgehead atoms. The number of benzene rings is 1. The molecule has 0 saturated carbocycles. The molecule has 5 nitrogen and oxygen atoms in total. The Morgan fingerprint density at radius 1 is 1.32 bits per heavy atom. The Morgan fingerprint density at radius 2 is 1.95 bits per heavy atom. The van der Waals surface area contributed by atoms with Crippen LogP contribution in [0, 0.1) is 5.92 Å². The molecule has 1 aromatic carbocycles. The van der Waals surface area contributed by atoms with E-state index in [9.17, 15) is 4.79 Å². The molecule has 0 radical (unpaired) electrons. The van der Waals surface area contributed by atoms with Crippen molar-refractivity contribution in [3.05, 3.63) is 18.2 Å². The Balaban J connectivity index is 1.96. The summed E-state index contributed by atoms with van der Waals surface area (Å²) >= 11 is 0. The molecule has 1 aliphatic heterocycles. The molecule has 0 amide bonds. The van der Waals surface area contributed by atoms with E-state index in [-0.39, 0.29) is 11.9 Å². The quantitative estimate of drug-likeness (QED) is 0.664. The Morgan fingerprint density at radius 3 is 2.50 bits per heavy atom. The number of ether oxygens (including phenoxy) is 1. The smallest absolute Gasteiger partial charge is 0.309 e. The van der Waals surface area contributed by atoms with E-state index < -0.39 is 5.60 Å². The number of esters is 1. The van der Waals surface area contributed by atoms with Gasteiger partial charge in [0.1, 0.15) is 5.60 Å². The van der Waals surface area contributed by atoms with Crippen molar-refractivity contribution in [2.75, 3.05) is 36.1 Å². The van der Waals surface area contributed by atoms with Crippen molar-refractivity contribution >= 4 is 23.0 Å². The molecule has 122 valence electrons. The average Bonchev–Trinajstić information content (AvgIpc) is 2.46. The lowest BCUT2D eigenvalue weighted by atomic mass is 9.96. The minimum Gasteiger partial charge on any atom is -0.460 e. The van der Waals surface area contributed by atoms with Crippen molar-refractivity contribution in [1.82, 2.24) is 0 Å². The summed E-state index contributed by atoms with van der Waals surface area (Å²) in [5.74, 6) is -0.0617. The number of rotatable bonds is 3. The minimum atomic E-state index is -0.410. The van der Waals surface area contributed by atoms with Crippen LogP contribution in [0.25, 0.3) is 0 Å². The van der Waals surface area contributed by atoms with Crippen molar-refractivity contribution < 1.29 is 9.53 Å². The van der Waals surface area contributed by atoms with E-state index in [1.54, 1.807) is 0 Å². The predicted octanol–water partition coefficient (Wildman–Crippen LogP) is 2.87. The van der Waals surface area contributed by atoms with Crippen LogP contribution in [-0.2, 0) is 9.53 Å². The first-order valence-electron chi connectivity index (χ1n) is 7.85. The number of piperidine rings is 1. The zero-order valence-electron chi connectivity index (χ0n) is 14.0. The summed E-state index contributed by atoms with van der Waals surface area (Å²) in [5, 5.41) is 3.10. The summed E-state index contributed by atoms with van der Waals surface area (Å²) in [6, 6.07) is 6.01. The number of nitrogens with zero attached hydrogens (tertiary/aromatic N) is 1. The molecule has 0 aliphatic carbocycles. The first-order valence-corrected chi connectivity index (χ1v) is 7.85. The Kier molecular flexibility index (Phi) is 4.84. The third kappa shape index (κ3) is 4.06. The van der Waals surface area contributed by atoms with Gasteiger partial charge in [0, 0.05) is 25.8 Å². The molecule has 1 aliphatic rings. The Hall–Kier alpha value is -1.91. The molecule has 22 heavy (non-hydrogen) atoms. The van der Waals surface area contributed by atoms with Gasteiger partial charge in [-0.1, -0.05) is 0 Å². The van der Waals surface area contributed by atoms with Crippen LogP contribution in [-0.4, -0.2) is 31.7 Å². The maximum atomic E-state index is 12.1. The summed E-state index contributed by atoms with van der Waals surface area (Å²) in [7, 11) is 1.87.